The van der Waals surface area contributed by atoms with E-state index in [0.29, 0.717) is 6.42 Å². The molecule has 11 heteroatoms. The molecule has 7 N–H and O–H groups in total. The smallest absolute Gasteiger partial charge is 0.327 e. The van der Waals surface area contributed by atoms with Crippen molar-refractivity contribution in [3.63, 3.8) is 0 Å². The number of hydrogen-bond donors (Lipinski definition) is 7. The molecule has 4 unspecified atom stereocenters. The minimum atomic E-state index is -1.24. The number of aliphatic hydroxyl groups excluding tert-OH is 1. The summed E-state index contributed by atoms with van der Waals surface area (Å²) >= 11 is 3.82. The number of carbonyl (C=O) groups is 4. The van der Waals surface area contributed by atoms with Crippen molar-refractivity contribution < 1.29 is 29.4 Å². The number of amides is 3. The highest BCUT2D eigenvalue weighted by molar-refractivity contribution is 7.80. The fourth-order valence-corrected chi connectivity index (χ4v) is 2.16. The molecule has 0 aliphatic carbocycles. The van der Waals surface area contributed by atoms with Crippen LogP contribution in [-0.2, 0) is 19.2 Å². The maximum absolute atomic E-state index is 12.3. The van der Waals surface area contributed by atoms with Gasteiger partial charge in [0.15, 0.2) is 0 Å². The fourth-order valence-electron chi connectivity index (χ4n) is 1.91. The van der Waals surface area contributed by atoms with E-state index in [2.05, 4.69) is 28.6 Å². The monoisotopic (exact) mass is 392 g/mol. The molecule has 0 radical (unpaired) electrons. The Hall–Kier alpha value is -1.85. The van der Waals surface area contributed by atoms with Crippen LogP contribution in [0.3, 0.4) is 0 Å². The summed E-state index contributed by atoms with van der Waals surface area (Å²) in [6.07, 6.45) is -0.794. The van der Waals surface area contributed by atoms with Gasteiger partial charge in [-0.15, -0.1) is 0 Å². The number of carboxylic acid groups (broad SMARTS) is 1. The van der Waals surface area contributed by atoms with Crippen molar-refractivity contribution in [2.45, 2.75) is 51.4 Å². The Labute approximate surface area is 157 Å². The second kappa shape index (κ2) is 11.7. The van der Waals surface area contributed by atoms with Gasteiger partial charge in [0.1, 0.15) is 18.1 Å². The molecule has 0 aromatic carbocycles. The SMILES string of the molecule is CC(C)CC(NC(=O)C(N)C(C)O)C(=O)NCC(=O)NC(CS)C(=O)O. The van der Waals surface area contributed by atoms with E-state index in [9.17, 15) is 24.3 Å². The number of aliphatic hydroxyl groups is 1. The highest BCUT2D eigenvalue weighted by atomic mass is 32.1. The lowest BCUT2D eigenvalue weighted by atomic mass is 10.0. The molecule has 0 rings (SSSR count). The number of nitrogens with two attached hydrogens (primary N) is 1. The molecule has 0 aromatic rings. The number of nitrogens with one attached hydrogen (secondary N) is 3. The molecular weight excluding hydrogens is 364 g/mol. The van der Waals surface area contributed by atoms with Crippen LogP contribution in [0.25, 0.3) is 0 Å². The highest BCUT2D eigenvalue weighted by Gasteiger charge is 2.27. The van der Waals surface area contributed by atoms with Gasteiger partial charge in [-0.05, 0) is 19.3 Å². The van der Waals surface area contributed by atoms with Crippen LogP contribution in [0.1, 0.15) is 27.2 Å². The number of thiol groups is 1. The van der Waals surface area contributed by atoms with Crippen molar-refractivity contribution in [2.75, 3.05) is 12.3 Å². The van der Waals surface area contributed by atoms with Gasteiger partial charge in [0, 0.05) is 5.75 Å². The Kier molecular flexibility index (Phi) is 10.9. The molecule has 0 saturated heterocycles. The summed E-state index contributed by atoms with van der Waals surface area (Å²) in [5, 5.41) is 25.2. The van der Waals surface area contributed by atoms with Gasteiger partial charge in [0.2, 0.25) is 17.7 Å². The second-order valence-corrected chi connectivity index (χ2v) is 6.68. The maximum atomic E-state index is 12.3. The summed E-state index contributed by atoms with van der Waals surface area (Å²) in [5.41, 5.74) is 5.54. The molecule has 0 aliphatic heterocycles. The van der Waals surface area contributed by atoms with Crippen molar-refractivity contribution in [1.82, 2.24) is 16.0 Å². The van der Waals surface area contributed by atoms with E-state index in [-0.39, 0.29) is 11.7 Å². The molecule has 150 valence electrons. The number of carboxylic acids is 1. The predicted octanol–water partition coefficient (Wildman–Crippen LogP) is -2.16. The molecule has 0 spiro atoms. The van der Waals surface area contributed by atoms with E-state index in [4.69, 9.17) is 10.8 Å². The standard InChI is InChI=1S/C15H28N4O6S/c1-7(2)4-9(19-14(23)12(16)8(3)20)13(22)17-5-11(21)18-10(6-26)15(24)25/h7-10,12,20,26H,4-6,16H2,1-3H3,(H,17,22)(H,18,21)(H,19,23)(H,24,25). The van der Waals surface area contributed by atoms with E-state index in [0.717, 1.165) is 0 Å². The van der Waals surface area contributed by atoms with Crippen LogP contribution in [0.15, 0.2) is 0 Å². The lowest BCUT2D eigenvalue weighted by Gasteiger charge is -2.23. The average Bonchev–Trinajstić information content (AvgIpc) is 2.55. The lowest BCUT2D eigenvalue weighted by Crippen LogP contribution is -2.55. The number of hydrogen-bond acceptors (Lipinski definition) is 7. The lowest BCUT2D eigenvalue weighted by molar-refractivity contribution is -0.141. The summed E-state index contributed by atoms with van der Waals surface area (Å²) in [6.45, 7) is 4.59. The third-order valence-corrected chi connectivity index (χ3v) is 3.77. The van der Waals surface area contributed by atoms with Crippen LogP contribution >= 0.6 is 12.6 Å². The van der Waals surface area contributed by atoms with Crippen LogP contribution in [0, 0.1) is 5.92 Å². The molecule has 0 saturated carbocycles. The van der Waals surface area contributed by atoms with E-state index in [1.807, 2.05) is 13.8 Å². The van der Waals surface area contributed by atoms with E-state index in [1.165, 1.54) is 6.92 Å². The Morgan fingerprint density at radius 3 is 2.04 bits per heavy atom. The van der Waals surface area contributed by atoms with Gasteiger partial charge in [-0.3, -0.25) is 14.4 Å². The van der Waals surface area contributed by atoms with Crippen molar-refractivity contribution in [3.8, 4) is 0 Å². The summed E-state index contributed by atoms with van der Waals surface area (Å²) in [6, 6.07) is -3.30. The summed E-state index contributed by atoms with van der Waals surface area (Å²) in [7, 11) is 0. The average molecular weight is 392 g/mol. The summed E-state index contributed by atoms with van der Waals surface area (Å²) in [5.74, 6) is -3.28. The van der Waals surface area contributed by atoms with Gasteiger partial charge in [0.05, 0.1) is 12.6 Å². The van der Waals surface area contributed by atoms with Crippen LogP contribution < -0.4 is 21.7 Å². The van der Waals surface area contributed by atoms with Crippen molar-refractivity contribution in [1.29, 1.82) is 0 Å². The van der Waals surface area contributed by atoms with Gasteiger partial charge in [-0.1, -0.05) is 13.8 Å². The van der Waals surface area contributed by atoms with Crippen molar-refractivity contribution >= 4 is 36.3 Å². The van der Waals surface area contributed by atoms with E-state index in [1.54, 1.807) is 0 Å². The van der Waals surface area contributed by atoms with Gasteiger partial charge in [-0.2, -0.15) is 12.6 Å². The Morgan fingerprint density at radius 1 is 1.04 bits per heavy atom. The zero-order chi connectivity index (χ0) is 20.4. The first-order chi connectivity index (χ1) is 12.0. The van der Waals surface area contributed by atoms with Crippen molar-refractivity contribution in [3.05, 3.63) is 0 Å². The first-order valence-electron chi connectivity index (χ1n) is 8.14. The van der Waals surface area contributed by atoms with Gasteiger partial charge in [-0.25, -0.2) is 4.79 Å². The molecule has 4 atom stereocenters. The first-order valence-corrected chi connectivity index (χ1v) is 8.77. The molecule has 0 bridgehead atoms. The Bertz CT molecular complexity index is 514. The van der Waals surface area contributed by atoms with E-state index >= 15 is 0 Å². The van der Waals surface area contributed by atoms with Crippen LogP contribution in [-0.4, -0.2) is 70.4 Å². The van der Waals surface area contributed by atoms with Crippen molar-refractivity contribution in [2.24, 2.45) is 11.7 Å². The minimum Gasteiger partial charge on any atom is -0.480 e. The fraction of sp³-hybridized carbons (Fsp3) is 0.733. The topological polar surface area (TPSA) is 171 Å². The molecule has 10 nitrogen and oxygen atoms in total. The second-order valence-electron chi connectivity index (χ2n) is 6.32. The quantitative estimate of drug-likeness (QED) is 0.196. The third-order valence-electron chi connectivity index (χ3n) is 3.40. The molecule has 0 heterocycles. The van der Waals surface area contributed by atoms with Gasteiger partial charge >= 0.3 is 5.97 Å². The first kappa shape index (κ1) is 24.1. The van der Waals surface area contributed by atoms with Gasteiger partial charge in [0.25, 0.3) is 0 Å². The predicted molar refractivity (Wildman–Crippen MR) is 97.5 cm³/mol. The molecule has 0 aliphatic rings. The number of rotatable bonds is 11. The Morgan fingerprint density at radius 2 is 1.62 bits per heavy atom. The third kappa shape index (κ3) is 9.02. The Balaban J connectivity index is 4.76. The largest absolute Gasteiger partial charge is 0.480 e. The number of aliphatic carboxylic acids is 1. The zero-order valence-corrected chi connectivity index (χ0v) is 16.0. The molecule has 0 aromatic heterocycles. The molecular formula is C15H28N4O6S. The number of carbonyl (C=O) groups excluding carboxylic acids is 3. The van der Waals surface area contributed by atoms with Crippen LogP contribution in [0.4, 0.5) is 0 Å². The zero-order valence-electron chi connectivity index (χ0n) is 15.1. The minimum absolute atomic E-state index is 0.0585. The summed E-state index contributed by atoms with van der Waals surface area (Å²) < 4.78 is 0. The van der Waals surface area contributed by atoms with Crippen LogP contribution in [0.5, 0.6) is 0 Å². The molecule has 26 heavy (non-hydrogen) atoms. The normalized spacial score (nSPS) is 15.5. The maximum Gasteiger partial charge on any atom is 0.327 e. The van der Waals surface area contributed by atoms with Crippen LogP contribution in [0.2, 0.25) is 0 Å². The molecule has 3 amide bonds. The highest BCUT2D eigenvalue weighted by Crippen LogP contribution is 2.05. The van der Waals surface area contributed by atoms with E-state index < -0.39 is 54.5 Å². The molecule has 0 fully saturated rings. The van der Waals surface area contributed by atoms with Gasteiger partial charge < -0.3 is 31.9 Å². The summed E-state index contributed by atoms with van der Waals surface area (Å²) in [4.78, 5) is 46.8.